The number of ether oxygens (including phenoxy) is 1. The van der Waals surface area contributed by atoms with Crippen LogP contribution in [0.4, 0.5) is 0 Å². The summed E-state index contributed by atoms with van der Waals surface area (Å²) in [4.78, 5) is 39.3. The van der Waals surface area contributed by atoms with E-state index in [1.54, 1.807) is 30.3 Å². The van der Waals surface area contributed by atoms with Crippen molar-refractivity contribution in [3.63, 3.8) is 0 Å². The zero-order valence-electron chi connectivity index (χ0n) is 14.7. The number of para-hydroxylation sites is 1. The quantitative estimate of drug-likeness (QED) is 0.392. The minimum Gasteiger partial charge on any atom is -0.450 e. The van der Waals surface area contributed by atoms with Gasteiger partial charge in [-0.1, -0.05) is 18.2 Å². The summed E-state index contributed by atoms with van der Waals surface area (Å²) in [5.74, 6) is -1.48. The van der Waals surface area contributed by atoms with Crippen molar-refractivity contribution >= 4 is 50.1 Å². The van der Waals surface area contributed by atoms with E-state index in [4.69, 9.17) is 9.15 Å². The molecule has 0 bridgehead atoms. The van der Waals surface area contributed by atoms with Gasteiger partial charge in [0.15, 0.2) is 12.0 Å². The Morgan fingerprint density at radius 1 is 1.25 bits per heavy atom. The minimum absolute atomic E-state index is 0.242. The first kappa shape index (κ1) is 20.0. The lowest BCUT2D eigenvalue weighted by Crippen LogP contribution is -2.34. The van der Waals surface area contributed by atoms with Gasteiger partial charge in [0, 0.05) is 17.5 Å². The van der Waals surface area contributed by atoms with Crippen LogP contribution in [0.1, 0.15) is 15.4 Å². The second kappa shape index (κ2) is 8.99. The van der Waals surface area contributed by atoms with E-state index in [0.29, 0.717) is 18.5 Å². The lowest BCUT2D eigenvalue weighted by Gasteiger charge is -2.20. The molecule has 0 aliphatic rings. The van der Waals surface area contributed by atoms with Crippen LogP contribution in [-0.4, -0.2) is 29.9 Å². The zero-order valence-corrected chi connectivity index (χ0v) is 17.1. The zero-order chi connectivity index (χ0) is 20.1. The van der Waals surface area contributed by atoms with Crippen molar-refractivity contribution in [3.05, 3.63) is 79.8 Å². The third-order valence-electron chi connectivity index (χ3n) is 3.84. The standard InChI is InChI=1S/C20H16BrNO5S/c1-2-9-22(11-13-7-8-18(21)28-13)19(24)12-26-20(25)17-10-15(23)14-5-3-4-6-16(14)27-17/h2-8,10H,1,9,11-12H2. The van der Waals surface area contributed by atoms with Gasteiger partial charge in [0.1, 0.15) is 5.58 Å². The fraction of sp³-hybridized carbons (Fsp3) is 0.150. The Labute approximate surface area is 173 Å². The average molecular weight is 462 g/mol. The van der Waals surface area contributed by atoms with Crippen LogP contribution >= 0.6 is 27.3 Å². The van der Waals surface area contributed by atoms with E-state index in [1.165, 1.54) is 16.2 Å². The van der Waals surface area contributed by atoms with Gasteiger partial charge in [-0.3, -0.25) is 9.59 Å². The molecule has 0 N–H and O–H groups in total. The van der Waals surface area contributed by atoms with Crippen LogP contribution in [0, 0.1) is 0 Å². The Morgan fingerprint density at radius 2 is 2.04 bits per heavy atom. The van der Waals surface area contributed by atoms with Crippen LogP contribution in [-0.2, 0) is 16.1 Å². The number of thiophene rings is 1. The first-order valence-corrected chi connectivity index (χ1v) is 9.92. The highest BCUT2D eigenvalue weighted by atomic mass is 79.9. The van der Waals surface area contributed by atoms with Crippen molar-refractivity contribution in [3.8, 4) is 0 Å². The number of rotatable bonds is 7. The summed E-state index contributed by atoms with van der Waals surface area (Å²) in [7, 11) is 0. The third kappa shape index (κ3) is 4.76. The van der Waals surface area contributed by atoms with E-state index in [-0.39, 0.29) is 22.7 Å². The summed E-state index contributed by atoms with van der Waals surface area (Å²) in [6.45, 7) is 3.89. The maximum Gasteiger partial charge on any atom is 0.374 e. The number of hydrogen-bond donors (Lipinski definition) is 0. The summed E-state index contributed by atoms with van der Waals surface area (Å²) < 4.78 is 11.4. The second-order valence-corrected chi connectivity index (χ2v) is 8.36. The molecule has 3 aromatic rings. The number of carbonyl (C=O) groups excluding carboxylic acids is 2. The van der Waals surface area contributed by atoms with Gasteiger partial charge in [-0.15, -0.1) is 17.9 Å². The Balaban J connectivity index is 1.67. The molecule has 1 amide bonds. The van der Waals surface area contributed by atoms with Gasteiger partial charge in [0.25, 0.3) is 5.91 Å². The number of nitrogens with zero attached hydrogens (tertiary/aromatic N) is 1. The Kier molecular flexibility index (Phi) is 6.43. The SMILES string of the molecule is C=CCN(Cc1ccc(Br)s1)C(=O)COC(=O)c1cc(=O)c2ccccc2o1. The predicted molar refractivity (Wildman–Crippen MR) is 110 cm³/mol. The Morgan fingerprint density at radius 3 is 2.75 bits per heavy atom. The maximum atomic E-state index is 12.5. The average Bonchev–Trinajstić information content (AvgIpc) is 3.10. The van der Waals surface area contributed by atoms with Gasteiger partial charge < -0.3 is 14.1 Å². The maximum absolute atomic E-state index is 12.5. The molecule has 2 heterocycles. The minimum atomic E-state index is -0.867. The Hall–Kier alpha value is -2.71. The van der Waals surface area contributed by atoms with E-state index in [0.717, 1.165) is 14.7 Å². The van der Waals surface area contributed by atoms with Gasteiger partial charge in [-0.05, 0) is 40.2 Å². The number of hydrogen-bond acceptors (Lipinski definition) is 6. The molecule has 8 heteroatoms. The van der Waals surface area contributed by atoms with Gasteiger partial charge in [-0.2, -0.15) is 0 Å². The normalized spacial score (nSPS) is 10.6. The topological polar surface area (TPSA) is 76.8 Å². The molecule has 1 aromatic carbocycles. The lowest BCUT2D eigenvalue weighted by atomic mass is 10.2. The highest BCUT2D eigenvalue weighted by Gasteiger charge is 2.19. The fourth-order valence-corrected chi connectivity index (χ4v) is 4.03. The number of benzene rings is 1. The van der Waals surface area contributed by atoms with Crippen LogP contribution in [0.25, 0.3) is 11.0 Å². The van der Waals surface area contributed by atoms with Crippen molar-refractivity contribution in [2.24, 2.45) is 0 Å². The Bertz CT molecular complexity index is 1090. The summed E-state index contributed by atoms with van der Waals surface area (Å²) in [6, 6.07) is 11.5. The molecule has 0 radical (unpaired) electrons. The van der Waals surface area contributed by atoms with Crippen LogP contribution in [0.2, 0.25) is 0 Å². The van der Waals surface area contributed by atoms with Crippen molar-refractivity contribution in [1.29, 1.82) is 0 Å². The molecule has 0 saturated heterocycles. The van der Waals surface area contributed by atoms with E-state index >= 15 is 0 Å². The van der Waals surface area contributed by atoms with Gasteiger partial charge >= 0.3 is 5.97 Å². The van der Waals surface area contributed by atoms with E-state index < -0.39 is 12.6 Å². The van der Waals surface area contributed by atoms with E-state index in [1.807, 2.05) is 12.1 Å². The van der Waals surface area contributed by atoms with Crippen molar-refractivity contribution < 1.29 is 18.7 Å². The molecule has 144 valence electrons. The number of carbonyl (C=O) groups is 2. The molecule has 28 heavy (non-hydrogen) atoms. The smallest absolute Gasteiger partial charge is 0.374 e. The van der Waals surface area contributed by atoms with Crippen LogP contribution in [0.3, 0.4) is 0 Å². The van der Waals surface area contributed by atoms with Crippen LogP contribution < -0.4 is 5.43 Å². The molecule has 0 atom stereocenters. The molecule has 6 nitrogen and oxygen atoms in total. The number of halogens is 1. The van der Waals surface area contributed by atoms with Gasteiger partial charge in [-0.25, -0.2) is 4.79 Å². The molecular weight excluding hydrogens is 446 g/mol. The molecule has 0 spiro atoms. The second-order valence-electron chi connectivity index (χ2n) is 5.82. The predicted octanol–water partition coefficient (Wildman–Crippen LogP) is 3.99. The van der Waals surface area contributed by atoms with Gasteiger partial charge in [0.2, 0.25) is 5.76 Å². The fourth-order valence-electron chi connectivity index (χ4n) is 2.53. The monoisotopic (exact) mass is 461 g/mol. The number of esters is 1. The molecule has 2 aromatic heterocycles. The number of fused-ring (bicyclic) bond motifs is 1. The summed E-state index contributed by atoms with van der Waals surface area (Å²) in [6.07, 6.45) is 1.60. The molecular formula is C20H16BrNO5S. The van der Waals surface area contributed by atoms with Crippen LogP contribution in [0.5, 0.6) is 0 Å². The molecule has 0 aliphatic heterocycles. The van der Waals surface area contributed by atoms with Crippen molar-refractivity contribution in [2.45, 2.75) is 6.54 Å². The summed E-state index contributed by atoms with van der Waals surface area (Å²) in [5, 5.41) is 0.370. The highest BCUT2D eigenvalue weighted by Crippen LogP contribution is 2.23. The largest absolute Gasteiger partial charge is 0.450 e. The number of amides is 1. The third-order valence-corrected chi connectivity index (χ3v) is 5.45. The molecule has 0 unspecified atom stereocenters. The van der Waals surface area contributed by atoms with E-state index in [9.17, 15) is 14.4 Å². The van der Waals surface area contributed by atoms with Gasteiger partial charge in [0.05, 0.1) is 15.7 Å². The molecule has 0 saturated carbocycles. The lowest BCUT2D eigenvalue weighted by molar-refractivity contribution is -0.134. The summed E-state index contributed by atoms with van der Waals surface area (Å²) in [5.41, 5.74) is -0.0680. The van der Waals surface area contributed by atoms with Crippen LogP contribution in [0.15, 0.2) is 68.1 Å². The molecule has 0 fully saturated rings. The summed E-state index contributed by atoms with van der Waals surface area (Å²) >= 11 is 4.90. The molecule has 3 rings (SSSR count). The van der Waals surface area contributed by atoms with Crippen molar-refractivity contribution in [1.82, 2.24) is 4.90 Å². The van der Waals surface area contributed by atoms with Crippen molar-refractivity contribution in [2.75, 3.05) is 13.2 Å². The first-order chi connectivity index (χ1) is 13.5. The van der Waals surface area contributed by atoms with E-state index in [2.05, 4.69) is 22.5 Å². The first-order valence-electron chi connectivity index (χ1n) is 8.31. The highest BCUT2D eigenvalue weighted by molar-refractivity contribution is 9.11. The molecule has 0 aliphatic carbocycles.